The van der Waals surface area contributed by atoms with Crippen LogP contribution < -0.4 is 5.32 Å². The van der Waals surface area contributed by atoms with E-state index in [1.807, 2.05) is 6.92 Å². The summed E-state index contributed by atoms with van der Waals surface area (Å²) in [5.74, 6) is -0.864. The van der Waals surface area contributed by atoms with Crippen LogP contribution in [0.2, 0.25) is 5.02 Å². The summed E-state index contributed by atoms with van der Waals surface area (Å²) in [6.45, 7) is 2.29. The number of hydrogen-bond acceptors (Lipinski definition) is 6. The molecule has 0 aliphatic carbocycles. The Bertz CT molecular complexity index is 994. The number of ether oxygens (including phenoxy) is 1. The number of nitrogens with one attached hydrogen (secondary N) is 1. The van der Waals surface area contributed by atoms with Crippen molar-refractivity contribution in [3.8, 4) is 0 Å². The van der Waals surface area contributed by atoms with E-state index in [4.69, 9.17) is 11.6 Å². The molecule has 0 aromatic heterocycles. The first kappa shape index (κ1) is 21.9. The average Bonchev–Trinajstić information content (AvgIpc) is 3.01. The van der Waals surface area contributed by atoms with Gasteiger partial charge in [0.05, 0.1) is 18.4 Å². The monoisotopic (exact) mass is 445 g/mol. The molecule has 9 heteroatoms. The Morgan fingerprint density at radius 3 is 2.60 bits per heavy atom. The van der Waals surface area contributed by atoms with E-state index in [1.165, 1.54) is 18.9 Å². The van der Waals surface area contributed by atoms with Gasteiger partial charge in [0.2, 0.25) is 11.8 Å². The van der Waals surface area contributed by atoms with Gasteiger partial charge in [-0.15, -0.1) is 0 Å². The van der Waals surface area contributed by atoms with E-state index in [2.05, 4.69) is 15.0 Å². The van der Waals surface area contributed by atoms with Gasteiger partial charge < -0.3 is 10.1 Å². The van der Waals surface area contributed by atoms with Crippen molar-refractivity contribution in [2.75, 3.05) is 19.0 Å². The number of methoxy groups -OCH3 is 1. The van der Waals surface area contributed by atoms with E-state index in [9.17, 15) is 14.4 Å². The lowest BCUT2D eigenvalue weighted by atomic mass is 10.2. The summed E-state index contributed by atoms with van der Waals surface area (Å²) in [5, 5.41) is 3.24. The number of esters is 1. The van der Waals surface area contributed by atoms with Crippen LogP contribution in [-0.2, 0) is 14.3 Å². The first-order chi connectivity index (χ1) is 14.4. The standard InChI is InChI=1S/C21H20ClN3O4S/c1-3-25-19(27)17(12-18(26)23-16-6-4-5-14(22)11-16)30-21(25)24-15-9-7-13(8-10-15)20(28)29-2/h4-11,17H,3,12H2,1-2H3,(H,23,26)/t17-/m1/s1. The van der Waals surface area contributed by atoms with Crippen molar-refractivity contribution in [2.45, 2.75) is 18.6 Å². The highest BCUT2D eigenvalue weighted by molar-refractivity contribution is 8.15. The van der Waals surface area contributed by atoms with Gasteiger partial charge in [0.15, 0.2) is 5.17 Å². The molecule has 1 heterocycles. The third-order valence-corrected chi connectivity index (χ3v) is 5.74. The molecular formula is C21H20ClN3O4S. The number of benzene rings is 2. The second-order valence-electron chi connectivity index (χ2n) is 6.38. The predicted octanol–water partition coefficient (Wildman–Crippen LogP) is 4.11. The molecule has 3 rings (SSSR count). The normalized spacial score (nSPS) is 17.3. The van der Waals surface area contributed by atoms with Gasteiger partial charge in [0.25, 0.3) is 0 Å². The average molecular weight is 446 g/mol. The minimum absolute atomic E-state index is 0.0206. The number of carbonyl (C=O) groups excluding carboxylic acids is 3. The number of thioether (sulfide) groups is 1. The highest BCUT2D eigenvalue weighted by atomic mass is 35.5. The summed E-state index contributed by atoms with van der Waals surface area (Å²) in [5.41, 5.74) is 1.59. The quantitative estimate of drug-likeness (QED) is 0.676. The van der Waals surface area contributed by atoms with Crippen molar-refractivity contribution in [3.63, 3.8) is 0 Å². The van der Waals surface area contributed by atoms with Gasteiger partial charge in [-0.2, -0.15) is 0 Å². The molecule has 156 valence electrons. The SMILES string of the molecule is CCN1C(=O)[C@@H](CC(=O)Nc2cccc(Cl)c2)SC1=Nc1ccc(C(=O)OC)cc1. The maximum atomic E-state index is 12.7. The van der Waals surface area contributed by atoms with Crippen LogP contribution in [0.4, 0.5) is 11.4 Å². The molecule has 1 fully saturated rings. The van der Waals surface area contributed by atoms with E-state index in [0.717, 1.165) is 0 Å². The molecule has 1 aliphatic heterocycles. The Kier molecular flexibility index (Phi) is 7.12. The molecule has 1 saturated heterocycles. The molecular weight excluding hydrogens is 426 g/mol. The van der Waals surface area contributed by atoms with E-state index in [1.54, 1.807) is 53.4 Å². The highest BCUT2D eigenvalue weighted by Crippen LogP contribution is 2.32. The van der Waals surface area contributed by atoms with E-state index in [0.29, 0.717) is 33.7 Å². The Hall–Kier alpha value is -2.84. The van der Waals surface area contributed by atoms with Gasteiger partial charge in [-0.3, -0.25) is 14.5 Å². The maximum absolute atomic E-state index is 12.7. The smallest absolute Gasteiger partial charge is 0.337 e. The van der Waals surface area contributed by atoms with Crippen molar-refractivity contribution in [1.29, 1.82) is 0 Å². The van der Waals surface area contributed by atoms with E-state index < -0.39 is 11.2 Å². The third-order valence-electron chi connectivity index (χ3n) is 4.33. The first-order valence-electron chi connectivity index (χ1n) is 9.21. The van der Waals surface area contributed by atoms with Crippen molar-refractivity contribution < 1.29 is 19.1 Å². The van der Waals surface area contributed by atoms with Gasteiger partial charge in [-0.1, -0.05) is 29.4 Å². The summed E-state index contributed by atoms with van der Waals surface area (Å²) in [7, 11) is 1.32. The van der Waals surface area contributed by atoms with E-state index >= 15 is 0 Å². The summed E-state index contributed by atoms with van der Waals surface area (Å²) in [6.07, 6.45) is 0.0206. The first-order valence-corrected chi connectivity index (χ1v) is 10.5. The number of carbonyl (C=O) groups is 3. The molecule has 0 bridgehead atoms. The molecule has 2 aromatic carbocycles. The zero-order chi connectivity index (χ0) is 21.7. The van der Waals surface area contributed by atoms with Crippen molar-refractivity contribution >= 4 is 57.7 Å². The van der Waals surface area contributed by atoms with Gasteiger partial charge in [-0.05, 0) is 49.4 Å². The van der Waals surface area contributed by atoms with Crippen LogP contribution in [0.3, 0.4) is 0 Å². The summed E-state index contributed by atoms with van der Waals surface area (Å²) < 4.78 is 4.68. The molecule has 30 heavy (non-hydrogen) atoms. The van der Waals surface area contributed by atoms with Crippen LogP contribution in [0.1, 0.15) is 23.7 Å². The van der Waals surface area contributed by atoms with Crippen molar-refractivity contribution in [3.05, 3.63) is 59.1 Å². The number of hydrogen-bond donors (Lipinski definition) is 1. The van der Waals surface area contributed by atoms with Crippen LogP contribution >= 0.6 is 23.4 Å². The molecule has 1 N–H and O–H groups in total. The molecule has 0 spiro atoms. The van der Waals surface area contributed by atoms with Crippen LogP contribution in [-0.4, -0.2) is 46.8 Å². The zero-order valence-electron chi connectivity index (χ0n) is 16.4. The fraction of sp³-hybridized carbons (Fsp3) is 0.238. The van der Waals surface area contributed by atoms with Crippen LogP contribution in [0.25, 0.3) is 0 Å². The number of aliphatic imine (C=N–C) groups is 1. The van der Waals surface area contributed by atoms with Gasteiger partial charge in [0.1, 0.15) is 5.25 Å². The lowest BCUT2D eigenvalue weighted by Crippen LogP contribution is -2.33. The van der Waals surface area contributed by atoms with Crippen LogP contribution in [0.15, 0.2) is 53.5 Å². The minimum atomic E-state index is -0.558. The molecule has 2 aromatic rings. The summed E-state index contributed by atoms with van der Waals surface area (Å²) in [6, 6.07) is 13.4. The van der Waals surface area contributed by atoms with Crippen molar-refractivity contribution in [1.82, 2.24) is 4.90 Å². The summed E-state index contributed by atoms with van der Waals surface area (Å²) in [4.78, 5) is 42.7. The lowest BCUT2D eigenvalue weighted by molar-refractivity contribution is -0.128. The zero-order valence-corrected chi connectivity index (χ0v) is 18.0. The topological polar surface area (TPSA) is 88.1 Å². The number of nitrogens with zero attached hydrogens (tertiary/aromatic N) is 2. The molecule has 0 unspecified atom stereocenters. The number of halogens is 1. The fourth-order valence-electron chi connectivity index (χ4n) is 2.86. The Labute approximate surface area is 183 Å². The number of rotatable bonds is 6. The third kappa shape index (κ3) is 5.20. The maximum Gasteiger partial charge on any atom is 0.337 e. The Morgan fingerprint density at radius 1 is 1.23 bits per heavy atom. The molecule has 1 atom stereocenters. The molecule has 1 aliphatic rings. The molecule has 0 radical (unpaired) electrons. The minimum Gasteiger partial charge on any atom is -0.465 e. The van der Waals surface area contributed by atoms with Crippen LogP contribution in [0, 0.1) is 0 Å². The number of anilines is 1. The van der Waals surface area contributed by atoms with Crippen molar-refractivity contribution in [2.24, 2.45) is 4.99 Å². The number of amidine groups is 1. The molecule has 2 amide bonds. The van der Waals surface area contributed by atoms with Gasteiger partial charge in [-0.25, -0.2) is 9.79 Å². The van der Waals surface area contributed by atoms with E-state index in [-0.39, 0.29) is 18.2 Å². The predicted molar refractivity (Wildman–Crippen MR) is 118 cm³/mol. The largest absolute Gasteiger partial charge is 0.465 e. The van der Waals surface area contributed by atoms with Gasteiger partial charge in [0, 0.05) is 23.7 Å². The lowest BCUT2D eigenvalue weighted by Gasteiger charge is -2.13. The fourth-order valence-corrected chi connectivity index (χ4v) is 4.28. The highest BCUT2D eigenvalue weighted by Gasteiger charge is 2.38. The Balaban J connectivity index is 1.70. The van der Waals surface area contributed by atoms with Crippen LogP contribution in [0.5, 0.6) is 0 Å². The van der Waals surface area contributed by atoms with Gasteiger partial charge >= 0.3 is 5.97 Å². The summed E-state index contributed by atoms with van der Waals surface area (Å²) >= 11 is 7.18. The molecule has 0 saturated carbocycles. The Morgan fingerprint density at radius 2 is 1.97 bits per heavy atom. The number of amides is 2. The molecule has 7 nitrogen and oxygen atoms in total. The second kappa shape index (κ2) is 9.77. The second-order valence-corrected chi connectivity index (χ2v) is 7.99.